The molecule has 0 amide bonds. The van der Waals surface area contributed by atoms with Gasteiger partial charge >= 0.3 is 0 Å². The van der Waals surface area contributed by atoms with Gasteiger partial charge in [-0.05, 0) is 76.5 Å². The Bertz CT molecular complexity index is 704. The molecule has 0 N–H and O–H groups in total. The maximum Gasteiger partial charge on any atom is 0.0496 e. The molecule has 0 aliphatic heterocycles. The minimum atomic E-state index is 1.05. The first-order chi connectivity index (χ1) is 10.5. The zero-order valence-electron chi connectivity index (χ0n) is 14.7. The van der Waals surface area contributed by atoms with Crippen molar-refractivity contribution in [3.8, 4) is 5.69 Å². The van der Waals surface area contributed by atoms with E-state index >= 15 is 0 Å². The number of nitrogens with zero attached hydrogens (tertiary/aromatic N) is 1. The number of benzene rings is 1. The lowest BCUT2D eigenvalue weighted by atomic mass is 10.1. The molecule has 2 aromatic rings. The van der Waals surface area contributed by atoms with Crippen molar-refractivity contribution < 1.29 is 0 Å². The van der Waals surface area contributed by atoms with Crippen molar-refractivity contribution >= 4 is 12.2 Å². The molecule has 0 spiro atoms. The monoisotopic (exact) mass is 293 g/mol. The number of aromatic nitrogens is 1. The maximum absolute atomic E-state index is 2.40. The van der Waals surface area contributed by atoms with Crippen molar-refractivity contribution in [3.63, 3.8) is 0 Å². The molecule has 0 saturated carbocycles. The summed E-state index contributed by atoms with van der Waals surface area (Å²) in [5.41, 5.74) is 9.33. The van der Waals surface area contributed by atoms with Gasteiger partial charge in [-0.25, -0.2) is 0 Å². The van der Waals surface area contributed by atoms with Crippen molar-refractivity contribution in [1.29, 1.82) is 0 Å². The summed E-state index contributed by atoms with van der Waals surface area (Å²) in [7, 11) is 0. The lowest BCUT2D eigenvalue weighted by Gasteiger charge is -2.12. The highest BCUT2D eigenvalue weighted by atomic mass is 15.0. The van der Waals surface area contributed by atoms with Crippen LogP contribution in [0.15, 0.2) is 41.5 Å². The number of hydrogen-bond acceptors (Lipinski definition) is 0. The van der Waals surface area contributed by atoms with E-state index in [0.717, 1.165) is 6.42 Å². The largest absolute Gasteiger partial charge is 0.310 e. The fourth-order valence-electron chi connectivity index (χ4n) is 2.95. The summed E-state index contributed by atoms with van der Waals surface area (Å²) in [5, 5.41) is 0. The van der Waals surface area contributed by atoms with Gasteiger partial charge in [-0.1, -0.05) is 36.3 Å². The Hall–Kier alpha value is -2.02. The van der Waals surface area contributed by atoms with E-state index in [9.17, 15) is 0 Å². The van der Waals surface area contributed by atoms with Crippen LogP contribution in [0.25, 0.3) is 17.8 Å². The molecule has 22 heavy (non-hydrogen) atoms. The summed E-state index contributed by atoms with van der Waals surface area (Å²) >= 11 is 0. The van der Waals surface area contributed by atoms with Crippen molar-refractivity contribution in [2.45, 2.75) is 48.0 Å². The normalized spacial score (nSPS) is 10.5. The predicted molar refractivity (Wildman–Crippen MR) is 98.5 cm³/mol. The van der Waals surface area contributed by atoms with Crippen LogP contribution in [0.5, 0.6) is 0 Å². The number of allylic oxidation sites excluding steroid dienone is 2. The van der Waals surface area contributed by atoms with Crippen LogP contribution in [0.4, 0.5) is 0 Å². The van der Waals surface area contributed by atoms with Crippen molar-refractivity contribution in [2.75, 3.05) is 0 Å². The summed E-state index contributed by atoms with van der Waals surface area (Å²) in [6, 6.07) is 10.7. The highest BCUT2D eigenvalue weighted by Crippen LogP contribution is 2.30. The summed E-state index contributed by atoms with van der Waals surface area (Å²) < 4.78 is 2.40. The Morgan fingerprint density at radius 2 is 1.45 bits per heavy atom. The molecule has 1 nitrogen and oxygen atoms in total. The van der Waals surface area contributed by atoms with Gasteiger partial charge in [-0.15, -0.1) is 0 Å². The first-order valence-corrected chi connectivity index (χ1v) is 8.05. The number of para-hydroxylation sites is 1. The summed E-state index contributed by atoms with van der Waals surface area (Å²) in [4.78, 5) is 0. The van der Waals surface area contributed by atoms with Crippen molar-refractivity contribution in [2.24, 2.45) is 0 Å². The highest BCUT2D eigenvalue weighted by Gasteiger charge is 2.17. The molecule has 0 fully saturated rings. The molecule has 0 atom stereocenters. The summed E-state index contributed by atoms with van der Waals surface area (Å²) in [6.07, 6.45) is 5.65. The minimum Gasteiger partial charge on any atom is -0.310 e. The van der Waals surface area contributed by atoms with Gasteiger partial charge in [0.15, 0.2) is 0 Å². The van der Waals surface area contributed by atoms with Gasteiger partial charge in [0.25, 0.3) is 0 Å². The predicted octanol–water partition coefficient (Wildman–Crippen LogP) is 6.19. The molecule has 0 unspecified atom stereocenters. The third-order valence-corrected chi connectivity index (χ3v) is 3.85. The Kier molecular flexibility index (Phi) is 5.07. The quantitative estimate of drug-likeness (QED) is 0.633. The number of rotatable bonds is 4. The molecule has 0 radical (unpaired) electrons. The fraction of sp³-hybridized carbons (Fsp3) is 0.333. The van der Waals surface area contributed by atoms with E-state index in [-0.39, 0.29) is 0 Å². The fourth-order valence-corrected chi connectivity index (χ4v) is 2.95. The van der Waals surface area contributed by atoms with Gasteiger partial charge in [0.05, 0.1) is 0 Å². The molecule has 0 aliphatic rings. The Morgan fingerprint density at radius 3 is 1.95 bits per heavy atom. The molecule has 1 heteroatoms. The van der Waals surface area contributed by atoms with Gasteiger partial charge in [0.2, 0.25) is 0 Å². The molecule has 1 heterocycles. The van der Waals surface area contributed by atoms with E-state index in [4.69, 9.17) is 0 Å². The lowest BCUT2D eigenvalue weighted by molar-refractivity contribution is 1.02. The van der Waals surface area contributed by atoms with Crippen LogP contribution in [0.3, 0.4) is 0 Å². The zero-order chi connectivity index (χ0) is 16.3. The van der Waals surface area contributed by atoms with Crippen LogP contribution >= 0.6 is 0 Å². The van der Waals surface area contributed by atoms with Crippen LogP contribution < -0.4 is 0 Å². The van der Waals surface area contributed by atoms with Crippen LogP contribution in [0.2, 0.25) is 0 Å². The molecular weight excluding hydrogens is 266 g/mol. The third-order valence-electron chi connectivity index (χ3n) is 3.85. The average molecular weight is 293 g/mol. The van der Waals surface area contributed by atoms with E-state index < -0.39 is 0 Å². The van der Waals surface area contributed by atoms with Crippen LogP contribution in [0.1, 0.15) is 57.1 Å². The second-order valence-electron chi connectivity index (χ2n) is 6.34. The molecule has 2 rings (SSSR count). The smallest absolute Gasteiger partial charge is 0.0496 e. The molecule has 0 saturated heterocycles. The summed E-state index contributed by atoms with van der Waals surface area (Å²) in [6.45, 7) is 13.1. The van der Waals surface area contributed by atoms with Crippen LogP contribution in [-0.4, -0.2) is 4.57 Å². The topological polar surface area (TPSA) is 4.93 Å². The molecular formula is C21H27N. The Morgan fingerprint density at radius 1 is 0.909 bits per heavy atom. The van der Waals surface area contributed by atoms with Gasteiger partial charge in [-0.3, -0.25) is 0 Å². The van der Waals surface area contributed by atoms with Crippen LogP contribution in [-0.2, 0) is 6.42 Å². The lowest BCUT2D eigenvalue weighted by Crippen LogP contribution is -2.00. The molecule has 1 aromatic carbocycles. The van der Waals surface area contributed by atoms with Gasteiger partial charge in [0, 0.05) is 17.1 Å². The molecule has 0 aliphatic carbocycles. The molecule has 0 bridgehead atoms. The molecule has 1 aromatic heterocycles. The average Bonchev–Trinajstić information content (AvgIpc) is 2.70. The number of hydrogen-bond donors (Lipinski definition) is 0. The van der Waals surface area contributed by atoms with Gasteiger partial charge in [-0.2, -0.15) is 0 Å². The second-order valence-corrected chi connectivity index (χ2v) is 6.34. The maximum atomic E-state index is 2.40. The van der Waals surface area contributed by atoms with E-state index in [1.165, 1.54) is 39.3 Å². The zero-order valence-corrected chi connectivity index (χ0v) is 14.7. The Balaban J connectivity index is 2.87. The van der Waals surface area contributed by atoms with Crippen molar-refractivity contribution in [3.05, 3.63) is 64.0 Å². The van der Waals surface area contributed by atoms with Gasteiger partial charge in [0.1, 0.15) is 0 Å². The molecule has 116 valence electrons. The SMILES string of the molecule is CCc1c(C)c(C=C(C)C)n(-c2ccccc2)c1C=C(C)C. The van der Waals surface area contributed by atoms with Crippen molar-refractivity contribution in [1.82, 2.24) is 4.57 Å². The van der Waals surface area contributed by atoms with Crippen LogP contribution in [0, 0.1) is 6.92 Å². The van der Waals surface area contributed by atoms with E-state index in [2.05, 4.69) is 88.6 Å². The van der Waals surface area contributed by atoms with E-state index in [1.807, 2.05) is 0 Å². The standard InChI is InChI=1S/C21H27N/c1-7-19-17(6)20(13-15(2)3)22(21(19)14-16(4)5)18-11-9-8-10-12-18/h8-14H,7H2,1-6H3. The third kappa shape index (κ3) is 3.24. The first-order valence-electron chi connectivity index (χ1n) is 8.05. The van der Waals surface area contributed by atoms with E-state index in [1.54, 1.807) is 0 Å². The van der Waals surface area contributed by atoms with Gasteiger partial charge < -0.3 is 4.57 Å². The van der Waals surface area contributed by atoms with E-state index in [0.29, 0.717) is 0 Å². The Labute approximate surface area is 135 Å². The highest BCUT2D eigenvalue weighted by molar-refractivity contribution is 5.68. The summed E-state index contributed by atoms with van der Waals surface area (Å²) in [5.74, 6) is 0. The minimum absolute atomic E-state index is 1.05. The second kappa shape index (κ2) is 6.83. The first kappa shape index (κ1) is 16.4.